The molecule has 1 amide bonds. The first-order chi connectivity index (χ1) is 14.9. The number of carbonyl (C=O) groups is 1. The lowest BCUT2D eigenvalue weighted by Gasteiger charge is -2.40. The molecular formula is C19H20F5N5O3. The number of nitrogens with zero attached hydrogens (tertiary/aromatic N) is 4. The maximum Gasteiger partial charge on any atom is 0.422 e. The minimum Gasteiger partial charge on any atom is -0.482 e. The van der Waals surface area contributed by atoms with Crippen molar-refractivity contribution in [1.82, 2.24) is 20.4 Å². The fourth-order valence-corrected chi connectivity index (χ4v) is 3.56. The molecule has 1 aliphatic carbocycles. The first-order valence-electron chi connectivity index (χ1n) is 9.82. The van der Waals surface area contributed by atoms with Crippen molar-refractivity contribution in [2.75, 3.05) is 24.6 Å². The largest absolute Gasteiger partial charge is 0.482 e. The quantitative estimate of drug-likeness (QED) is 0.633. The van der Waals surface area contributed by atoms with E-state index in [0.717, 1.165) is 30.0 Å². The van der Waals surface area contributed by atoms with E-state index in [-0.39, 0.29) is 28.9 Å². The number of aromatic nitrogens is 3. The number of hydrogen-bond acceptors (Lipinski definition) is 7. The molecule has 0 spiro atoms. The second-order valence-electron chi connectivity index (χ2n) is 8.22. The third-order valence-corrected chi connectivity index (χ3v) is 5.41. The average molecular weight is 461 g/mol. The van der Waals surface area contributed by atoms with E-state index in [2.05, 4.69) is 20.4 Å². The second-order valence-corrected chi connectivity index (χ2v) is 8.22. The van der Waals surface area contributed by atoms with Gasteiger partial charge < -0.3 is 19.5 Å². The van der Waals surface area contributed by atoms with E-state index in [1.165, 1.54) is 0 Å². The number of nitrogens with one attached hydrogen (secondary N) is 1. The Bertz CT molecular complexity index is 1020. The van der Waals surface area contributed by atoms with Gasteiger partial charge in [0.25, 0.3) is 11.8 Å². The average Bonchev–Trinajstić information content (AvgIpc) is 3.45. The first-order valence-corrected chi connectivity index (χ1v) is 9.82. The van der Waals surface area contributed by atoms with Gasteiger partial charge in [0.1, 0.15) is 17.0 Å². The van der Waals surface area contributed by atoms with E-state index in [1.807, 2.05) is 0 Å². The molecule has 2 aliphatic rings. The highest BCUT2D eigenvalue weighted by atomic mass is 19.4. The summed E-state index contributed by atoms with van der Waals surface area (Å²) < 4.78 is 74.4. The summed E-state index contributed by atoms with van der Waals surface area (Å²) in [5.41, 5.74) is -1.25. The Labute approximate surface area is 179 Å². The van der Waals surface area contributed by atoms with Crippen molar-refractivity contribution in [3.05, 3.63) is 29.7 Å². The lowest BCUT2D eigenvalue weighted by Crippen LogP contribution is -2.56. The van der Waals surface area contributed by atoms with Crippen LogP contribution in [0.1, 0.15) is 42.0 Å². The molecule has 0 unspecified atom stereocenters. The molecule has 1 saturated heterocycles. The SMILES string of the molecule is Cc1nc([C@@](C)(NC(=O)c2cc(OCC(F)(F)F)c(N3CC(F)(F)C3)cn2)C2CC2)no1. The molecule has 2 aromatic rings. The van der Waals surface area contributed by atoms with Crippen LogP contribution in [-0.4, -0.2) is 52.8 Å². The van der Waals surface area contributed by atoms with Gasteiger partial charge >= 0.3 is 6.18 Å². The van der Waals surface area contributed by atoms with E-state index >= 15 is 0 Å². The van der Waals surface area contributed by atoms with E-state index in [0.29, 0.717) is 5.89 Å². The Balaban J connectivity index is 1.58. The highest BCUT2D eigenvalue weighted by Crippen LogP contribution is 2.45. The number of alkyl halides is 5. The summed E-state index contributed by atoms with van der Waals surface area (Å²) in [7, 11) is 0. The summed E-state index contributed by atoms with van der Waals surface area (Å²) in [5.74, 6) is -3.36. The smallest absolute Gasteiger partial charge is 0.422 e. The van der Waals surface area contributed by atoms with Crippen molar-refractivity contribution < 1.29 is 36.0 Å². The van der Waals surface area contributed by atoms with Crippen LogP contribution in [0.2, 0.25) is 0 Å². The number of rotatable bonds is 7. The summed E-state index contributed by atoms with van der Waals surface area (Å²) in [6, 6.07) is 1.02. The molecule has 1 atom stereocenters. The monoisotopic (exact) mass is 461 g/mol. The number of carbonyl (C=O) groups excluding carboxylic acids is 1. The Kier molecular flexibility index (Phi) is 5.24. The lowest BCUT2D eigenvalue weighted by molar-refractivity contribution is -0.153. The summed E-state index contributed by atoms with van der Waals surface area (Å²) in [4.78, 5) is 22.2. The van der Waals surface area contributed by atoms with Crippen molar-refractivity contribution in [2.45, 2.75) is 44.3 Å². The van der Waals surface area contributed by atoms with E-state index in [1.54, 1.807) is 13.8 Å². The van der Waals surface area contributed by atoms with Crippen molar-refractivity contribution in [2.24, 2.45) is 5.92 Å². The van der Waals surface area contributed by atoms with Crippen LogP contribution in [0.15, 0.2) is 16.8 Å². The van der Waals surface area contributed by atoms with Gasteiger partial charge in [0.15, 0.2) is 12.4 Å². The van der Waals surface area contributed by atoms with Crippen molar-refractivity contribution in [3.8, 4) is 5.75 Å². The number of ether oxygens (including phenoxy) is 1. The molecule has 4 rings (SSSR count). The Hall–Kier alpha value is -2.99. The van der Waals surface area contributed by atoms with Crippen LogP contribution in [0.5, 0.6) is 5.75 Å². The standard InChI is InChI=1S/C19H20F5N5O3/c1-10-26-16(28-32-10)17(2,11-3-4-11)27-15(30)12-5-14(31-9-19(22,23)24)13(6-25-12)29-7-18(20,21)8-29/h5-6,11H,3-4,7-9H2,1-2H3,(H,27,30)/t17-/m0/s1. The number of pyridine rings is 1. The zero-order valence-electron chi connectivity index (χ0n) is 17.2. The molecule has 1 saturated carbocycles. The molecule has 2 fully saturated rings. The van der Waals surface area contributed by atoms with Gasteiger partial charge in [-0.1, -0.05) is 5.16 Å². The van der Waals surface area contributed by atoms with Crippen LogP contribution in [0.25, 0.3) is 0 Å². The van der Waals surface area contributed by atoms with Crippen LogP contribution >= 0.6 is 0 Å². The molecule has 0 radical (unpaired) electrons. The minimum absolute atomic E-state index is 0.0459. The Morgan fingerprint density at radius 2 is 2.03 bits per heavy atom. The Morgan fingerprint density at radius 3 is 2.56 bits per heavy atom. The highest BCUT2D eigenvalue weighted by molar-refractivity contribution is 5.93. The van der Waals surface area contributed by atoms with Gasteiger partial charge in [0, 0.05) is 13.0 Å². The summed E-state index contributed by atoms with van der Waals surface area (Å²) in [6.45, 7) is 0.330. The minimum atomic E-state index is -4.65. The van der Waals surface area contributed by atoms with Crippen LogP contribution < -0.4 is 15.0 Å². The van der Waals surface area contributed by atoms with Crippen molar-refractivity contribution in [3.63, 3.8) is 0 Å². The zero-order chi connectivity index (χ0) is 23.3. The maximum absolute atomic E-state index is 13.3. The molecule has 8 nitrogen and oxygen atoms in total. The molecule has 174 valence electrons. The number of anilines is 1. The van der Waals surface area contributed by atoms with Gasteiger partial charge in [-0.25, -0.2) is 13.8 Å². The molecule has 3 heterocycles. The normalized spacial score (nSPS) is 19.8. The van der Waals surface area contributed by atoms with E-state index in [9.17, 15) is 26.7 Å². The molecule has 2 aromatic heterocycles. The summed E-state index contributed by atoms with van der Waals surface area (Å²) in [6.07, 6.45) is -1.95. The number of aryl methyl sites for hydroxylation is 1. The van der Waals surface area contributed by atoms with Gasteiger partial charge in [0.2, 0.25) is 5.89 Å². The third kappa shape index (κ3) is 4.60. The molecular weight excluding hydrogens is 441 g/mol. The van der Waals surface area contributed by atoms with Crippen LogP contribution in [0.4, 0.5) is 27.6 Å². The molecule has 13 heteroatoms. The second kappa shape index (κ2) is 7.55. The summed E-state index contributed by atoms with van der Waals surface area (Å²) in [5, 5.41) is 6.68. The highest BCUT2D eigenvalue weighted by Gasteiger charge is 2.48. The van der Waals surface area contributed by atoms with E-state index in [4.69, 9.17) is 9.26 Å². The maximum atomic E-state index is 13.3. The van der Waals surface area contributed by atoms with Crippen LogP contribution in [-0.2, 0) is 5.54 Å². The zero-order valence-corrected chi connectivity index (χ0v) is 17.2. The molecule has 1 aliphatic heterocycles. The topological polar surface area (TPSA) is 93.4 Å². The molecule has 32 heavy (non-hydrogen) atoms. The summed E-state index contributed by atoms with van der Waals surface area (Å²) >= 11 is 0. The van der Waals surface area contributed by atoms with Gasteiger partial charge in [-0.05, 0) is 25.7 Å². The van der Waals surface area contributed by atoms with Gasteiger partial charge in [-0.15, -0.1) is 0 Å². The first kappa shape index (κ1) is 22.2. The van der Waals surface area contributed by atoms with Crippen LogP contribution in [0.3, 0.4) is 0 Å². The molecule has 0 aromatic carbocycles. The van der Waals surface area contributed by atoms with Gasteiger partial charge in [-0.2, -0.15) is 18.2 Å². The van der Waals surface area contributed by atoms with Crippen molar-refractivity contribution >= 4 is 11.6 Å². The van der Waals surface area contributed by atoms with Crippen LogP contribution in [0, 0.1) is 12.8 Å². The third-order valence-electron chi connectivity index (χ3n) is 5.41. The fraction of sp³-hybridized carbons (Fsp3) is 0.579. The molecule has 1 N–H and O–H groups in total. The number of amides is 1. The lowest BCUT2D eigenvalue weighted by atomic mass is 9.94. The van der Waals surface area contributed by atoms with Gasteiger partial charge in [-0.3, -0.25) is 4.79 Å². The van der Waals surface area contributed by atoms with E-state index < -0.39 is 43.2 Å². The van der Waals surface area contributed by atoms with Crippen molar-refractivity contribution in [1.29, 1.82) is 0 Å². The van der Waals surface area contributed by atoms with Gasteiger partial charge in [0.05, 0.1) is 25.0 Å². The number of hydrogen-bond donors (Lipinski definition) is 1. The number of halogens is 5. The predicted octanol–water partition coefficient (Wildman–Crippen LogP) is 3.22. The molecule has 0 bridgehead atoms. The Morgan fingerprint density at radius 1 is 1.34 bits per heavy atom. The fourth-order valence-electron chi connectivity index (χ4n) is 3.56. The predicted molar refractivity (Wildman–Crippen MR) is 99.5 cm³/mol.